The van der Waals surface area contributed by atoms with Gasteiger partial charge in [0.15, 0.2) is 0 Å². The number of hydrogen-bond donors (Lipinski definition) is 0. The predicted octanol–water partition coefficient (Wildman–Crippen LogP) is 9.61. The summed E-state index contributed by atoms with van der Waals surface area (Å²) in [5.74, 6) is 1.73. The highest BCUT2D eigenvalue weighted by atomic mass is 15.4. The molecule has 4 bridgehead atoms. The molecule has 44 heavy (non-hydrogen) atoms. The first-order chi connectivity index (χ1) is 20.8. The summed E-state index contributed by atoms with van der Waals surface area (Å²) < 4.78 is 2.52. The minimum Gasteiger partial charge on any atom is -0.323 e. The van der Waals surface area contributed by atoms with Crippen LogP contribution >= 0.6 is 0 Å². The molecule has 0 aromatic rings. The Morgan fingerprint density at radius 2 is 0.864 bits per heavy atom. The number of nitrogens with zero attached hydrogens (tertiary/aromatic N) is 4. The van der Waals surface area contributed by atoms with Gasteiger partial charge in [0.2, 0.25) is 0 Å². The highest BCUT2D eigenvalue weighted by molar-refractivity contribution is 5.94. The number of likely N-dealkylation sites (N-methyl/N-ethyl adjacent to an activating group) is 2. The van der Waals surface area contributed by atoms with Crippen LogP contribution in [-0.4, -0.2) is 85.8 Å². The van der Waals surface area contributed by atoms with Crippen molar-refractivity contribution in [2.24, 2.45) is 43.5 Å². The van der Waals surface area contributed by atoms with Crippen LogP contribution in [0.4, 0.5) is 0 Å². The van der Waals surface area contributed by atoms with E-state index in [1.54, 1.807) is 11.4 Å². The van der Waals surface area contributed by atoms with Crippen LogP contribution in [0.5, 0.6) is 0 Å². The summed E-state index contributed by atoms with van der Waals surface area (Å²) in [6.45, 7) is 36.9. The van der Waals surface area contributed by atoms with Crippen LogP contribution < -0.4 is 0 Å². The molecule has 0 aromatic heterocycles. The molecular weight excluding hydrogens is 536 g/mol. The molecule has 4 aliphatic rings. The Balaban J connectivity index is 1.13. The number of hydrogen-bond acceptors (Lipinski definition) is 2. The molecule has 4 saturated carbocycles. The van der Waals surface area contributed by atoms with Gasteiger partial charge in [0, 0.05) is 22.3 Å². The van der Waals surface area contributed by atoms with Gasteiger partial charge in [0.25, 0.3) is 0 Å². The molecule has 4 rings (SSSR count). The number of rotatable bonds is 19. The Morgan fingerprint density at radius 3 is 1.14 bits per heavy atom. The van der Waals surface area contributed by atoms with Gasteiger partial charge in [-0.05, 0) is 115 Å². The van der Waals surface area contributed by atoms with Gasteiger partial charge in [0.1, 0.15) is 0 Å². The van der Waals surface area contributed by atoms with Crippen LogP contribution in [0, 0.1) is 33.5 Å². The van der Waals surface area contributed by atoms with Crippen LogP contribution in [0.25, 0.3) is 0 Å². The van der Waals surface area contributed by atoms with E-state index >= 15 is 0 Å². The Hall–Kier alpha value is -0.740. The van der Waals surface area contributed by atoms with Gasteiger partial charge < -0.3 is 8.97 Å². The van der Waals surface area contributed by atoms with Crippen molar-refractivity contribution in [1.29, 1.82) is 0 Å². The van der Waals surface area contributed by atoms with Gasteiger partial charge in [-0.3, -0.25) is 9.98 Å². The smallest absolute Gasteiger partial charge is 0.0985 e. The molecule has 0 saturated heterocycles. The summed E-state index contributed by atoms with van der Waals surface area (Å²) in [5.41, 5.74) is 4.73. The Labute approximate surface area is 275 Å². The van der Waals surface area contributed by atoms with E-state index in [-0.39, 0.29) is 0 Å². The predicted molar refractivity (Wildman–Crippen MR) is 193 cm³/mol. The van der Waals surface area contributed by atoms with Gasteiger partial charge in [-0.15, -0.1) is 0 Å². The number of unbranched alkanes of at least 4 members (excludes halogenated alkanes) is 5. The van der Waals surface area contributed by atoms with E-state index in [2.05, 4.69) is 69.2 Å². The summed E-state index contributed by atoms with van der Waals surface area (Å²) in [5, 5.41) is 0. The summed E-state index contributed by atoms with van der Waals surface area (Å²) >= 11 is 0. The van der Waals surface area contributed by atoms with E-state index in [0.29, 0.717) is 21.7 Å². The fourth-order valence-electron chi connectivity index (χ4n) is 10.7. The van der Waals surface area contributed by atoms with Gasteiger partial charge in [-0.1, -0.05) is 54.4 Å². The highest BCUT2D eigenvalue weighted by Crippen LogP contribution is 2.65. The molecule has 0 unspecified atom stereocenters. The van der Waals surface area contributed by atoms with Crippen molar-refractivity contribution in [3.63, 3.8) is 0 Å². The lowest BCUT2D eigenvalue weighted by atomic mass is 9.70. The molecule has 0 N–H and O–H groups in total. The lowest BCUT2D eigenvalue weighted by molar-refractivity contribution is -0.923. The molecule has 0 amide bonds. The number of aliphatic imine (C=N–C) groups is 2. The second-order valence-corrected chi connectivity index (χ2v) is 17.6. The van der Waals surface area contributed by atoms with Crippen LogP contribution in [0.1, 0.15) is 146 Å². The summed E-state index contributed by atoms with van der Waals surface area (Å²) in [6, 6.07) is 0. The Bertz CT molecular complexity index is 919. The molecule has 4 heteroatoms. The fraction of sp³-hybridized carbons (Fsp3) is 0.950. The Kier molecular flexibility index (Phi) is 11.6. The van der Waals surface area contributed by atoms with E-state index < -0.39 is 0 Å². The quantitative estimate of drug-likeness (QED) is 0.102. The van der Waals surface area contributed by atoms with Crippen molar-refractivity contribution in [1.82, 2.24) is 0 Å². The maximum atomic E-state index is 5.31. The molecule has 0 heterocycles. The molecule has 4 nitrogen and oxygen atoms in total. The van der Waals surface area contributed by atoms with Gasteiger partial charge in [-0.2, -0.15) is 0 Å². The molecular formula is C40H76N4+2. The molecule has 0 radical (unpaired) electrons. The van der Waals surface area contributed by atoms with E-state index in [4.69, 9.17) is 9.98 Å². The van der Waals surface area contributed by atoms with Crippen LogP contribution in [0.2, 0.25) is 0 Å². The summed E-state index contributed by atoms with van der Waals surface area (Å²) in [6.07, 6.45) is 16.5. The first-order valence-electron chi connectivity index (χ1n) is 19.6. The van der Waals surface area contributed by atoms with E-state index in [1.165, 1.54) is 138 Å². The lowest BCUT2D eigenvalue weighted by Crippen LogP contribution is -2.50. The minimum absolute atomic E-state index is 0.359. The fourth-order valence-corrected chi connectivity index (χ4v) is 10.7. The minimum atomic E-state index is 0.359. The van der Waals surface area contributed by atoms with Crippen molar-refractivity contribution in [3.05, 3.63) is 0 Å². The van der Waals surface area contributed by atoms with Crippen molar-refractivity contribution in [3.8, 4) is 0 Å². The molecule has 4 fully saturated rings. The maximum Gasteiger partial charge on any atom is 0.0985 e. The van der Waals surface area contributed by atoms with E-state index in [0.717, 1.165) is 24.9 Å². The van der Waals surface area contributed by atoms with Crippen molar-refractivity contribution in [2.45, 2.75) is 146 Å². The molecule has 4 atom stereocenters. The second-order valence-electron chi connectivity index (χ2n) is 17.6. The molecule has 0 aromatic carbocycles. The molecule has 0 spiro atoms. The van der Waals surface area contributed by atoms with Crippen LogP contribution in [0.15, 0.2) is 9.98 Å². The standard InChI is InChI=1S/C40H76N4/c1-11-43(12-2,29-25-41-35-31-33-21-23-39(35,9)37(33,5)6)27-19-17-15-16-18-20-28-44(13-3,14-4)30-26-42-36-32-34-22-24-40(36,10)38(34,7)8/h33-34H,11-32H2,1-10H3/q+2/t33-,34-,39+,40+/m1/s1. The zero-order valence-corrected chi connectivity index (χ0v) is 31.5. The summed E-state index contributed by atoms with van der Waals surface area (Å²) in [4.78, 5) is 10.6. The highest BCUT2D eigenvalue weighted by Gasteiger charge is 2.60. The lowest BCUT2D eigenvalue weighted by Gasteiger charge is -2.37. The number of fused-ring (bicyclic) bond motifs is 4. The van der Waals surface area contributed by atoms with Crippen molar-refractivity contribution in [2.75, 3.05) is 65.4 Å². The molecule has 254 valence electrons. The third kappa shape index (κ3) is 6.65. The average Bonchev–Trinajstić information content (AvgIpc) is 3.53. The maximum absolute atomic E-state index is 5.31. The normalized spacial score (nSPS) is 32.5. The van der Waals surface area contributed by atoms with Crippen molar-refractivity contribution >= 4 is 11.4 Å². The SMILES string of the molecule is CC[N+](CC)(CCCCCCCC[N+](CC)(CC)CCN=C1C[C@H]2CC[C@]1(C)C2(C)C)CCN=C1C[C@H]2CC[C@]1(C)C2(C)C. The molecule has 4 aliphatic carbocycles. The van der Waals surface area contributed by atoms with Crippen LogP contribution in [0.3, 0.4) is 0 Å². The Morgan fingerprint density at radius 1 is 0.523 bits per heavy atom. The average molecular weight is 613 g/mol. The monoisotopic (exact) mass is 613 g/mol. The second kappa shape index (κ2) is 14.2. The summed E-state index contributed by atoms with van der Waals surface area (Å²) in [7, 11) is 0. The molecule has 0 aliphatic heterocycles. The van der Waals surface area contributed by atoms with E-state index in [1.807, 2.05) is 0 Å². The van der Waals surface area contributed by atoms with Gasteiger partial charge >= 0.3 is 0 Å². The van der Waals surface area contributed by atoms with E-state index in [9.17, 15) is 0 Å². The third-order valence-corrected chi connectivity index (χ3v) is 16.0. The first-order valence-corrected chi connectivity index (χ1v) is 19.6. The zero-order valence-electron chi connectivity index (χ0n) is 31.5. The third-order valence-electron chi connectivity index (χ3n) is 16.0. The number of quaternary nitrogens is 2. The zero-order chi connectivity index (χ0) is 32.3. The first kappa shape index (κ1) is 36.1. The topological polar surface area (TPSA) is 24.7 Å². The van der Waals surface area contributed by atoms with Gasteiger partial charge in [0.05, 0.1) is 65.4 Å². The van der Waals surface area contributed by atoms with Gasteiger partial charge in [-0.25, -0.2) is 0 Å². The van der Waals surface area contributed by atoms with Crippen LogP contribution in [-0.2, 0) is 0 Å². The largest absolute Gasteiger partial charge is 0.323 e. The van der Waals surface area contributed by atoms with Crippen molar-refractivity contribution < 1.29 is 8.97 Å².